The first-order chi connectivity index (χ1) is 8.33. The van der Waals surface area contributed by atoms with E-state index in [-0.39, 0.29) is 12.4 Å². The second kappa shape index (κ2) is 6.48. The molecular formula is C13H11ClN2O2. The van der Waals surface area contributed by atoms with E-state index in [1.807, 2.05) is 6.07 Å². The Bertz CT molecular complexity index is 550. The van der Waals surface area contributed by atoms with Gasteiger partial charge in [0, 0.05) is 6.07 Å². The summed E-state index contributed by atoms with van der Waals surface area (Å²) >= 11 is 0. The minimum atomic E-state index is 0. The van der Waals surface area contributed by atoms with E-state index in [2.05, 4.69) is 4.98 Å². The number of methoxy groups -OCH3 is 1. The number of para-hydroxylation sites is 1. The van der Waals surface area contributed by atoms with Crippen LogP contribution in [-0.4, -0.2) is 7.11 Å². The lowest BCUT2D eigenvalue weighted by Gasteiger charge is -2.04. The van der Waals surface area contributed by atoms with Gasteiger partial charge >= 0.3 is 5.69 Å². The zero-order valence-electron chi connectivity index (χ0n) is 9.71. The van der Waals surface area contributed by atoms with Crippen molar-refractivity contribution in [1.29, 1.82) is 5.39 Å². The molecule has 2 aromatic rings. The first kappa shape index (κ1) is 13.8. The summed E-state index contributed by atoms with van der Waals surface area (Å²) in [7, 11) is 1.61. The molecule has 18 heavy (non-hydrogen) atoms. The molecule has 0 aliphatic carbocycles. The van der Waals surface area contributed by atoms with Crippen LogP contribution in [0.1, 0.15) is 0 Å². The SMILES string of the molecule is COc1ccc(Oc2ccccc2[N+]#N)cc1.[Cl-]. The highest BCUT2D eigenvalue weighted by Crippen LogP contribution is 2.31. The van der Waals surface area contributed by atoms with Gasteiger partial charge in [0.05, 0.1) is 7.11 Å². The fourth-order valence-corrected chi connectivity index (χ4v) is 1.40. The number of halogens is 1. The molecule has 0 radical (unpaired) electrons. The van der Waals surface area contributed by atoms with Crippen LogP contribution < -0.4 is 21.9 Å². The van der Waals surface area contributed by atoms with Crippen LogP contribution in [0.2, 0.25) is 0 Å². The molecule has 0 fully saturated rings. The van der Waals surface area contributed by atoms with Crippen molar-refractivity contribution < 1.29 is 21.9 Å². The first-order valence-corrected chi connectivity index (χ1v) is 5.09. The Morgan fingerprint density at radius 3 is 2.17 bits per heavy atom. The van der Waals surface area contributed by atoms with Gasteiger partial charge in [-0.25, -0.2) is 0 Å². The molecule has 0 saturated carbocycles. The van der Waals surface area contributed by atoms with Crippen LogP contribution >= 0.6 is 0 Å². The molecule has 0 aliphatic heterocycles. The van der Waals surface area contributed by atoms with E-state index in [0.29, 0.717) is 17.2 Å². The van der Waals surface area contributed by atoms with Crippen molar-refractivity contribution in [2.24, 2.45) is 0 Å². The summed E-state index contributed by atoms with van der Waals surface area (Å²) in [6.07, 6.45) is 0. The fraction of sp³-hybridized carbons (Fsp3) is 0.0769. The predicted molar refractivity (Wildman–Crippen MR) is 64.3 cm³/mol. The highest BCUT2D eigenvalue weighted by atomic mass is 35.5. The number of diazo groups is 1. The van der Waals surface area contributed by atoms with Crippen molar-refractivity contribution >= 4 is 5.69 Å². The zero-order chi connectivity index (χ0) is 12.1. The van der Waals surface area contributed by atoms with E-state index < -0.39 is 0 Å². The van der Waals surface area contributed by atoms with Gasteiger partial charge in [-0.15, -0.1) is 0 Å². The Labute approximate surface area is 111 Å². The molecule has 5 heteroatoms. The van der Waals surface area contributed by atoms with Crippen LogP contribution in [0.15, 0.2) is 48.5 Å². The molecule has 0 spiro atoms. The third-order valence-electron chi connectivity index (χ3n) is 2.26. The third-order valence-corrected chi connectivity index (χ3v) is 2.26. The van der Waals surface area contributed by atoms with Gasteiger partial charge in [-0.05, 0) is 30.3 Å². The molecule has 0 N–H and O–H groups in total. The molecule has 2 aromatic carbocycles. The maximum absolute atomic E-state index is 8.80. The van der Waals surface area contributed by atoms with Crippen LogP contribution in [0.5, 0.6) is 17.2 Å². The Morgan fingerprint density at radius 1 is 0.944 bits per heavy atom. The fourth-order valence-electron chi connectivity index (χ4n) is 1.40. The topological polar surface area (TPSA) is 46.6 Å². The van der Waals surface area contributed by atoms with Gasteiger partial charge in [-0.3, -0.25) is 0 Å². The molecule has 0 aliphatic rings. The number of hydrogen-bond donors (Lipinski definition) is 0. The van der Waals surface area contributed by atoms with Gasteiger partial charge in [-0.2, -0.15) is 0 Å². The van der Waals surface area contributed by atoms with Crippen LogP contribution in [0.3, 0.4) is 0 Å². The molecule has 0 bridgehead atoms. The number of nitrogens with zero attached hydrogens (tertiary/aromatic N) is 2. The van der Waals surface area contributed by atoms with Gasteiger partial charge in [0.2, 0.25) is 11.1 Å². The molecule has 0 amide bonds. The monoisotopic (exact) mass is 262 g/mol. The second-order valence-electron chi connectivity index (χ2n) is 3.35. The summed E-state index contributed by atoms with van der Waals surface area (Å²) in [5.41, 5.74) is 0.392. The zero-order valence-corrected chi connectivity index (χ0v) is 10.5. The van der Waals surface area contributed by atoms with E-state index in [4.69, 9.17) is 14.9 Å². The van der Waals surface area contributed by atoms with E-state index >= 15 is 0 Å². The largest absolute Gasteiger partial charge is 1.00 e. The summed E-state index contributed by atoms with van der Waals surface area (Å²) in [6, 6.07) is 14.2. The Kier molecular flexibility index (Phi) is 4.97. The summed E-state index contributed by atoms with van der Waals surface area (Å²) in [4.78, 5) is 3.15. The molecule has 0 heterocycles. The molecular weight excluding hydrogens is 252 g/mol. The lowest BCUT2D eigenvalue weighted by Crippen LogP contribution is -3.00. The first-order valence-electron chi connectivity index (χ1n) is 5.09. The summed E-state index contributed by atoms with van der Waals surface area (Å²) in [6.45, 7) is 0. The van der Waals surface area contributed by atoms with Gasteiger partial charge in [0.1, 0.15) is 11.5 Å². The highest BCUT2D eigenvalue weighted by Gasteiger charge is 2.13. The smallest absolute Gasteiger partial charge is 0.426 e. The Hall–Kier alpha value is -2.25. The van der Waals surface area contributed by atoms with Crippen molar-refractivity contribution in [3.63, 3.8) is 0 Å². The van der Waals surface area contributed by atoms with Crippen LogP contribution in [0, 0.1) is 5.39 Å². The van der Waals surface area contributed by atoms with Gasteiger partial charge < -0.3 is 21.9 Å². The normalized spacial score (nSPS) is 8.89. The standard InChI is InChI=1S/C13H11N2O2.ClH/c1-16-10-6-8-11(9-7-10)17-13-5-3-2-4-12(13)15-14;/h2-9H,1H3;1H/q+1;/p-1. The summed E-state index contributed by atoms with van der Waals surface area (Å²) in [5, 5.41) is 8.80. The van der Waals surface area contributed by atoms with Gasteiger partial charge in [0.25, 0.3) is 0 Å². The van der Waals surface area contributed by atoms with Crippen molar-refractivity contribution in [3.8, 4) is 17.2 Å². The summed E-state index contributed by atoms with van der Waals surface area (Å²) in [5.74, 6) is 1.92. The lowest BCUT2D eigenvalue weighted by molar-refractivity contribution is -0.00000441. The number of benzene rings is 2. The van der Waals surface area contributed by atoms with Crippen molar-refractivity contribution in [2.45, 2.75) is 0 Å². The highest BCUT2D eigenvalue weighted by molar-refractivity contribution is 5.57. The van der Waals surface area contributed by atoms with Crippen molar-refractivity contribution in [1.82, 2.24) is 0 Å². The van der Waals surface area contributed by atoms with Crippen LogP contribution in [0.4, 0.5) is 5.69 Å². The third kappa shape index (κ3) is 3.12. The van der Waals surface area contributed by atoms with Crippen molar-refractivity contribution in [3.05, 3.63) is 53.5 Å². The van der Waals surface area contributed by atoms with E-state index in [1.54, 1.807) is 49.6 Å². The minimum Gasteiger partial charge on any atom is -1.00 e. The molecule has 0 saturated heterocycles. The Morgan fingerprint density at radius 2 is 1.56 bits per heavy atom. The van der Waals surface area contributed by atoms with E-state index in [0.717, 1.165) is 5.75 Å². The molecule has 2 rings (SSSR count). The maximum Gasteiger partial charge on any atom is 0.426 e. The van der Waals surface area contributed by atoms with Gasteiger partial charge in [0.15, 0.2) is 4.98 Å². The quantitative estimate of drug-likeness (QED) is 0.775. The van der Waals surface area contributed by atoms with Crippen molar-refractivity contribution in [2.75, 3.05) is 7.11 Å². The average Bonchev–Trinajstić information content (AvgIpc) is 2.40. The van der Waals surface area contributed by atoms with Crippen LogP contribution in [-0.2, 0) is 0 Å². The van der Waals surface area contributed by atoms with E-state index in [1.165, 1.54) is 0 Å². The maximum atomic E-state index is 8.80. The number of ether oxygens (including phenoxy) is 2. The molecule has 0 atom stereocenters. The minimum absolute atomic E-state index is 0. The summed E-state index contributed by atoms with van der Waals surface area (Å²) < 4.78 is 10.6. The second-order valence-corrected chi connectivity index (χ2v) is 3.35. The predicted octanol–water partition coefficient (Wildman–Crippen LogP) is 0.976. The molecule has 92 valence electrons. The number of rotatable bonds is 3. The molecule has 0 unspecified atom stereocenters. The molecule has 0 aromatic heterocycles. The van der Waals surface area contributed by atoms with Crippen LogP contribution in [0.25, 0.3) is 4.98 Å². The Balaban J connectivity index is 0.00000162. The molecule has 4 nitrogen and oxygen atoms in total. The van der Waals surface area contributed by atoms with Gasteiger partial charge in [-0.1, -0.05) is 12.1 Å². The lowest BCUT2D eigenvalue weighted by atomic mass is 10.3. The number of hydrogen-bond acceptors (Lipinski definition) is 3. The van der Waals surface area contributed by atoms with E-state index in [9.17, 15) is 0 Å². The average molecular weight is 263 g/mol.